The summed E-state index contributed by atoms with van der Waals surface area (Å²) in [5.74, 6) is -0.139. The van der Waals surface area contributed by atoms with Gasteiger partial charge in [0, 0.05) is 11.6 Å². The van der Waals surface area contributed by atoms with Gasteiger partial charge in [0.1, 0.15) is 0 Å². The van der Waals surface area contributed by atoms with Crippen LogP contribution in [-0.4, -0.2) is 29.6 Å². The monoisotopic (exact) mass is 486 g/mol. The van der Waals surface area contributed by atoms with Crippen LogP contribution in [0.5, 0.6) is 0 Å². The van der Waals surface area contributed by atoms with Crippen LogP contribution < -0.4 is 10.5 Å². The van der Waals surface area contributed by atoms with Crippen molar-refractivity contribution in [2.75, 3.05) is 11.1 Å². The Morgan fingerprint density at radius 2 is 2.00 bits per heavy atom. The van der Waals surface area contributed by atoms with E-state index < -0.39 is 10.0 Å². The maximum atomic E-state index is 12.4. The van der Waals surface area contributed by atoms with Gasteiger partial charge in [-0.15, -0.1) is 0 Å². The summed E-state index contributed by atoms with van der Waals surface area (Å²) in [5, 5.41) is 9.44. The molecule has 0 aliphatic rings. The number of hydrogen-bond donors (Lipinski definition) is 2. The number of nitrogens with one attached hydrogen (secondary N) is 1. The predicted octanol–water partition coefficient (Wildman–Crippen LogP) is 4.52. The molecule has 1 aromatic heterocycles. The van der Waals surface area contributed by atoms with Crippen LogP contribution in [0.3, 0.4) is 0 Å². The molecule has 0 unspecified atom stereocenters. The number of aromatic nitrogens is 2. The molecule has 11 heteroatoms. The van der Waals surface area contributed by atoms with Gasteiger partial charge in [-0.05, 0) is 42.8 Å². The number of carbonyl (C=O) groups is 1. The zero-order valence-electron chi connectivity index (χ0n) is 16.1. The summed E-state index contributed by atoms with van der Waals surface area (Å²) < 4.78 is 25.3. The van der Waals surface area contributed by atoms with E-state index in [1.165, 1.54) is 23.9 Å². The first-order valence-corrected chi connectivity index (χ1v) is 12.4. The van der Waals surface area contributed by atoms with Crippen molar-refractivity contribution in [2.24, 2.45) is 5.14 Å². The summed E-state index contributed by atoms with van der Waals surface area (Å²) in [7, 11) is -3.82. The Hall–Kier alpha value is -1.78. The fraction of sp³-hybridized carbons (Fsp3) is 0.263. The Morgan fingerprint density at radius 3 is 2.67 bits per heavy atom. The molecule has 2 aromatic carbocycles. The lowest BCUT2D eigenvalue weighted by molar-refractivity contribution is -0.113. The topological polar surface area (TPSA) is 107 Å². The van der Waals surface area contributed by atoms with Crippen LogP contribution >= 0.6 is 35.0 Å². The third kappa shape index (κ3) is 5.47. The summed E-state index contributed by atoms with van der Waals surface area (Å²) >= 11 is 13.2. The molecule has 0 spiro atoms. The molecular formula is C19H20Cl2N4O3S2. The van der Waals surface area contributed by atoms with Crippen molar-refractivity contribution in [3.05, 3.63) is 46.4 Å². The Bertz CT molecular complexity index is 1200. The quantitative estimate of drug-likeness (QED) is 0.455. The number of thioether (sulfide) groups is 1. The largest absolute Gasteiger partial charge is 0.324 e. The van der Waals surface area contributed by atoms with Crippen LogP contribution in [0.2, 0.25) is 10.0 Å². The molecule has 7 nitrogen and oxygen atoms in total. The highest BCUT2D eigenvalue weighted by Gasteiger charge is 2.16. The fourth-order valence-electron chi connectivity index (χ4n) is 2.81. The van der Waals surface area contributed by atoms with Gasteiger partial charge in [0.05, 0.1) is 32.4 Å². The molecule has 0 bridgehead atoms. The second-order valence-corrected chi connectivity index (χ2v) is 9.90. The minimum Gasteiger partial charge on any atom is -0.324 e. The number of rotatable bonds is 8. The molecule has 3 aromatic rings. The Labute approximate surface area is 189 Å². The summed E-state index contributed by atoms with van der Waals surface area (Å²) in [6.07, 6.45) is 1.90. The first kappa shape index (κ1) is 22.9. The highest BCUT2D eigenvalue weighted by atomic mass is 35.5. The lowest BCUT2D eigenvalue weighted by atomic mass is 10.3. The Kier molecular flexibility index (Phi) is 7.30. The van der Waals surface area contributed by atoms with Crippen molar-refractivity contribution in [1.29, 1.82) is 0 Å². The van der Waals surface area contributed by atoms with Crippen molar-refractivity contribution in [3.8, 4) is 0 Å². The van der Waals surface area contributed by atoms with Crippen LogP contribution in [0, 0.1) is 0 Å². The highest BCUT2D eigenvalue weighted by Crippen LogP contribution is 2.28. The highest BCUT2D eigenvalue weighted by molar-refractivity contribution is 7.99. The fourth-order valence-corrected chi connectivity index (χ4v) is 4.64. The van der Waals surface area contributed by atoms with Crippen LogP contribution in [0.15, 0.2) is 46.5 Å². The number of aryl methyl sites for hydroxylation is 1. The molecule has 3 N–H and O–H groups in total. The van der Waals surface area contributed by atoms with Gasteiger partial charge in [-0.2, -0.15) is 0 Å². The third-order valence-corrected chi connectivity index (χ3v) is 6.72. The van der Waals surface area contributed by atoms with Gasteiger partial charge in [-0.3, -0.25) is 4.79 Å². The normalized spacial score (nSPS) is 11.7. The summed E-state index contributed by atoms with van der Waals surface area (Å²) in [6, 6.07) is 9.44. The van der Waals surface area contributed by atoms with Crippen molar-refractivity contribution < 1.29 is 13.2 Å². The van der Waals surface area contributed by atoms with Gasteiger partial charge in [-0.25, -0.2) is 18.5 Å². The van der Waals surface area contributed by atoms with Crippen LogP contribution in [-0.2, 0) is 21.4 Å². The molecular weight excluding hydrogens is 467 g/mol. The summed E-state index contributed by atoms with van der Waals surface area (Å²) in [5.41, 5.74) is 1.78. The molecule has 3 rings (SSSR count). The van der Waals surface area contributed by atoms with Gasteiger partial charge >= 0.3 is 0 Å². The number of sulfonamides is 1. The second-order valence-electron chi connectivity index (χ2n) is 6.56. The molecule has 160 valence electrons. The van der Waals surface area contributed by atoms with Crippen LogP contribution in [0.1, 0.15) is 19.8 Å². The van der Waals surface area contributed by atoms with E-state index >= 15 is 0 Å². The Morgan fingerprint density at radius 1 is 1.23 bits per heavy atom. The van der Waals surface area contributed by atoms with Crippen molar-refractivity contribution in [2.45, 2.75) is 36.4 Å². The summed E-state index contributed by atoms with van der Waals surface area (Å²) in [6.45, 7) is 2.78. The van der Waals surface area contributed by atoms with Crippen molar-refractivity contribution >= 4 is 67.6 Å². The minimum absolute atomic E-state index is 0.00168. The van der Waals surface area contributed by atoms with E-state index in [1.807, 2.05) is 4.57 Å². The number of halogens is 2. The lowest BCUT2D eigenvalue weighted by Gasteiger charge is -2.09. The van der Waals surface area contributed by atoms with Gasteiger partial charge in [0.25, 0.3) is 0 Å². The molecule has 0 aliphatic carbocycles. The Balaban J connectivity index is 1.82. The van der Waals surface area contributed by atoms with Crippen molar-refractivity contribution in [1.82, 2.24) is 9.55 Å². The first-order chi connectivity index (χ1) is 14.2. The van der Waals surface area contributed by atoms with Crippen molar-refractivity contribution in [3.63, 3.8) is 0 Å². The second kappa shape index (κ2) is 9.57. The van der Waals surface area contributed by atoms with Gasteiger partial charge in [0.15, 0.2) is 5.16 Å². The smallest absolute Gasteiger partial charge is 0.238 e. The average Bonchev–Trinajstić information content (AvgIpc) is 3.03. The number of unbranched alkanes of at least 4 members (excludes halogenated alkanes) is 1. The number of primary sulfonamides is 1. The van der Waals surface area contributed by atoms with E-state index in [4.69, 9.17) is 28.3 Å². The molecule has 1 amide bonds. The van der Waals surface area contributed by atoms with Gasteiger partial charge in [-0.1, -0.05) is 48.3 Å². The number of nitrogens with zero attached hydrogens (tertiary/aromatic N) is 2. The number of fused-ring (bicyclic) bond motifs is 1. The maximum Gasteiger partial charge on any atom is 0.238 e. The van der Waals surface area contributed by atoms with E-state index in [-0.39, 0.29) is 16.6 Å². The van der Waals surface area contributed by atoms with E-state index in [2.05, 4.69) is 17.2 Å². The number of benzene rings is 2. The molecule has 0 atom stereocenters. The minimum atomic E-state index is -3.82. The summed E-state index contributed by atoms with van der Waals surface area (Å²) in [4.78, 5) is 16.9. The molecule has 0 saturated heterocycles. The zero-order chi connectivity index (χ0) is 21.9. The maximum absolute atomic E-state index is 12.4. The van der Waals surface area contributed by atoms with Gasteiger partial charge < -0.3 is 9.88 Å². The standard InChI is InChI=1S/C19H20Cl2N4O3S2/c1-2-3-8-25-17-7-5-13(30(22,27)28)10-16(17)24-19(25)29-11-18(26)23-15-6-4-12(20)9-14(15)21/h4-7,9-10H,2-3,8,11H2,1H3,(H,23,26)(H2,22,27,28). The van der Waals surface area contributed by atoms with E-state index in [1.54, 1.807) is 24.3 Å². The molecule has 0 saturated carbocycles. The van der Waals surface area contributed by atoms with Crippen LogP contribution in [0.4, 0.5) is 5.69 Å². The van der Waals surface area contributed by atoms with E-state index in [0.717, 1.165) is 18.4 Å². The predicted molar refractivity (Wildman–Crippen MR) is 122 cm³/mol. The molecule has 1 heterocycles. The first-order valence-electron chi connectivity index (χ1n) is 9.10. The molecule has 0 fully saturated rings. The number of carbonyl (C=O) groups excluding carboxylic acids is 1. The van der Waals surface area contributed by atoms with E-state index in [9.17, 15) is 13.2 Å². The van der Waals surface area contributed by atoms with Crippen LogP contribution in [0.25, 0.3) is 11.0 Å². The molecule has 0 aliphatic heterocycles. The SMILES string of the molecule is CCCCn1c(SCC(=O)Nc2ccc(Cl)cc2Cl)nc2cc(S(N)(=O)=O)ccc21. The lowest BCUT2D eigenvalue weighted by Crippen LogP contribution is -2.15. The third-order valence-electron chi connectivity index (χ3n) is 4.29. The zero-order valence-corrected chi connectivity index (χ0v) is 19.2. The number of hydrogen-bond acceptors (Lipinski definition) is 5. The number of anilines is 1. The number of amides is 1. The van der Waals surface area contributed by atoms with Gasteiger partial charge in [0.2, 0.25) is 15.9 Å². The molecule has 0 radical (unpaired) electrons. The number of nitrogens with two attached hydrogens (primary N) is 1. The molecule has 30 heavy (non-hydrogen) atoms. The van der Waals surface area contributed by atoms with E-state index in [0.29, 0.717) is 33.0 Å². The number of imidazole rings is 1. The average molecular weight is 487 g/mol.